The number of aromatic nitrogens is 3. The monoisotopic (exact) mass is 379 g/mol. The number of carbonyl (C=O) groups excluding carboxylic acids is 1. The predicted octanol–water partition coefficient (Wildman–Crippen LogP) is 2.81. The van der Waals surface area contributed by atoms with Crippen LogP contribution < -0.4 is 0 Å². The van der Waals surface area contributed by atoms with Crippen molar-refractivity contribution in [1.82, 2.24) is 23.9 Å². The summed E-state index contributed by atoms with van der Waals surface area (Å²) >= 11 is 0. The molecule has 1 fully saturated rings. The summed E-state index contributed by atoms with van der Waals surface area (Å²) in [4.78, 5) is 21.7. The minimum absolute atomic E-state index is 0.206. The lowest BCUT2D eigenvalue weighted by Gasteiger charge is -2.35. The quantitative estimate of drug-likeness (QED) is 0.662. The molecule has 0 spiro atoms. The molecule has 1 amide bonds. The van der Waals surface area contributed by atoms with E-state index in [2.05, 4.69) is 57.3 Å². The number of piperazine rings is 1. The molecule has 1 aliphatic rings. The molecule has 3 heterocycles. The molecule has 1 aromatic carbocycles. The van der Waals surface area contributed by atoms with Gasteiger partial charge in [-0.2, -0.15) is 0 Å². The predicted molar refractivity (Wildman–Crippen MR) is 111 cm³/mol. The lowest BCUT2D eigenvalue weighted by atomic mass is 10.2. The standard InChI is InChI=1S/C22H29N5O/c1-18(2)22-23-8-10-26(22)16-13-24-11-14-25(15-12-24)21(28)17-27-9-7-19-5-3-4-6-20(19)27/h3-10,18H,11-17H2,1-2H3. The van der Waals surface area contributed by atoms with Crippen LogP contribution in [0.15, 0.2) is 48.9 Å². The topological polar surface area (TPSA) is 46.3 Å². The lowest BCUT2D eigenvalue weighted by molar-refractivity contribution is -0.133. The molecule has 1 saturated heterocycles. The van der Waals surface area contributed by atoms with Crippen LogP contribution in [0.5, 0.6) is 0 Å². The highest BCUT2D eigenvalue weighted by atomic mass is 16.2. The smallest absolute Gasteiger partial charge is 0.242 e. The van der Waals surface area contributed by atoms with Gasteiger partial charge in [0.2, 0.25) is 5.91 Å². The van der Waals surface area contributed by atoms with E-state index in [1.54, 1.807) is 0 Å². The van der Waals surface area contributed by atoms with Gasteiger partial charge in [-0.05, 0) is 17.5 Å². The van der Waals surface area contributed by atoms with Crippen LogP contribution in [0.2, 0.25) is 0 Å². The number of carbonyl (C=O) groups is 1. The molecular weight excluding hydrogens is 350 g/mol. The SMILES string of the molecule is CC(C)c1nccn1CCN1CCN(C(=O)Cn2ccc3ccccc32)CC1. The van der Waals surface area contributed by atoms with Gasteiger partial charge < -0.3 is 14.0 Å². The van der Waals surface area contributed by atoms with Crippen molar-refractivity contribution in [3.8, 4) is 0 Å². The minimum Gasteiger partial charge on any atom is -0.339 e. The highest BCUT2D eigenvalue weighted by Gasteiger charge is 2.21. The van der Waals surface area contributed by atoms with E-state index in [4.69, 9.17) is 0 Å². The fraction of sp³-hybridized carbons (Fsp3) is 0.455. The summed E-state index contributed by atoms with van der Waals surface area (Å²) in [6, 6.07) is 10.3. The second kappa shape index (κ2) is 8.19. The summed E-state index contributed by atoms with van der Waals surface area (Å²) in [6.45, 7) is 10.2. The van der Waals surface area contributed by atoms with Gasteiger partial charge in [0.05, 0.1) is 0 Å². The van der Waals surface area contributed by atoms with E-state index in [0.717, 1.165) is 50.6 Å². The number of imidazole rings is 1. The Morgan fingerprint density at radius 1 is 1.00 bits per heavy atom. The Hall–Kier alpha value is -2.60. The largest absolute Gasteiger partial charge is 0.339 e. The van der Waals surface area contributed by atoms with Crippen LogP contribution in [0, 0.1) is 0 Å². The summed E-state index contributed by atoms with van der Waals surface area (Å²) in [5.74, 6) is 1.79. The van der Waals surface area contributed by atoms with Crippen molar-refractivity contribution in [2.45, 2.75) is 32.9 Å². The fourth-order valence-corrected chi connectivity index (χ4v) is 4.00. The molecule has 0 N–H and O–H groups in total. The van der Waals surface area contributed by atoms with Crippen molar-refractivity contribution < 1.29 is 4.79 Å². The molecule has 4 rings (SSSR count). The third-order valence-corrected chi connectivity index (χ3v) is 5.63. The number of hydrogen-bond donors (Lipinski definition) is 0. The maximum atomic E-state index is 12.8. The number of nitrogens with zero attached hydrogens (tertiary/aromatic N) is 5. The molecule has 0 saturated carbocycles. The second-order valence-electron chi connectivity index (χ2n) is 7.86. The Labute approximate surface area is 166 Å². The normalized spacial score (nSPS) is 15.6. The van der Waals surface area contributed by atoms with Crippen LogP contribution in [0.4, 0.5) is 0 Å². The summed E-state index contributed by atoms with van der Waals surface area (Å²) in [6.07, 6.45) is 5.96. The maximum absolute atomic E-state index is 12.8. The molecule has 6 nitrogen and oxygen atoms in total. The van der Waals surface area contributed by atoms with Gasteiger partial charge in [-0.3, -0.25) is 9.69 Å². The Morgan fingerprint density at radius 2 is 1.79 bits per heavy atom. The van der Waals surface area contributed by atoms with Gasteiger partial charge in [-0.15, -0.1) is 0 Å². The zero-order valence-corrected chi connectivity index (χ0v) is 16.8. The summed E-state index contributed by atoms with van der Waals surface area (Å²) < 4.78 is 4.30. The van der Waals surface area contributed by atoms with E-state index in [1.165, 1.54) is 5.39 Å². The van der Waals surface area contributed by atoms with E-state index in [1.807, 2.05) is 29.4 Å². The second-order valence-corrected chi connectivity index (χ2v) is 7.86. The Bertz CT molecular complexity index is 933. The van der Waals surface area contributed by atoms with Crippen molar-refractivity contribution in [2.24, 2.45) is 0 Å². The highest BCUT2D eigenvalue weighted by Crippen LogP contribution is 2.16. The average Bonchev–Trinajstić information content (AvgIpc) is 3.34. The van der Waals surface area contributed by atoms with Crippen molar-refractivity contribution in [2.75, 3.05) is 32.7 Å². The van der Waals surface area contributed by atoms with Gasteiger partial charge in [0, 0.05) is 69.3 Å². The molecule has 2 aromatic heterocycles. The van der Waals surface area contributed by atoms with Crippen LogP contribution >= 0.6 is 0 Å². The summed E-state index contributed by atoms with van der Waals surface area (Å²) in [5.41, 5.74) is 1.12. The Kier molecular flexibility index (Phi) is 5.48. The molecule has 0 unspecified atom stereocenters. The molecule has 28 heavy (non-hydrogen) atoms. The van der Waals surface area contributed by atoms with Crippen molar-refractivity contribution >= 4 is 16.8 Å². The van der Waals surface area contributed by atoms with E-state index >= 15 is 0 Å². The van der Waals surface area contributed by atoms with Crippen molar-refractivity contribution in [3.05, 3.63) is 54.7 Å². The van der Waals surface area contributed by atoms with Crippen molar-refractivity contribution in [1.29, 1.82) is 0 Å². The third kappa shape index (κ3) is 3.97. The van der Waals surface area contributed by atoms with Crippen LogP contribution in [-0.2, 0) is 17.9 Å². The van der Waals surface area contributed by atoms with Crippen LogP contribution in [0.1, 0.15) is 25.6 Å². The first-order valence-corrected chi connectivity index (χ1v) is 10.2. The van der Waals surface area contributed by atoms with E-state index < -0.39 is 0 Å². The van der Waals surface area contributed by atoms with Gasteiger partial charge in [-0.1, -0.05) is 32.0 Å². The highest BCUT2D eigenvalue weighted by molar-refractivity contribution is 5.83. The molecule has 1 aliphatic heterocycles. The lowest BCUT2D eigenvalue weighted by Crippen LogP contribution is -2.50. The molecule has 0 atom stereocenters. The number of rotatable bonds is 6. The number of para-hydroxylation sites is 1. The molecule has 0 aliphatic carbocycles. The first kappa shape index (κ1) is 18.7. The number of hydrogen-bond acceptors (Lipinski definition) is 3. The molecule has 6 heteroatoms. The first-order chi connectivity index (χ1) is 13.6. The van der Waals surface area contributed by atoms with Gasteiger partial charge in [0.25, 0.3) is 0 Å². The average molecular weight is 380 g/mol. The minimum atomic E-state index is 0.206. The Balaban J connectivity index is 1.28. The van der Waals surface area contributed by atoms with Gasteiger partial charge in [0.1, 0.15) is 12.4 Å². The summed E-state index contributed by atoms with van der Waals surface area (Å²) in [5, 5.41) is 1.18. The van der Waals surface area contributed by atoms with Gasteiger partial charge in [-0.25, -0.2) is 4.98 Å². The molecule has 3 aromatic rings. The maximum Gasteiger partial charge on any atom is 0.242 e. The van der Waals surface area contributed by atoms with Crippen LogP contribution in [-0.4, -0.2) is 62.5 Å². The first-order valence-electron chi connectivity index (χ1n) is 10.2. The van der Waals surface area contributed by atoms with Crippen molar-refractivity contribution in [3.63, 3.8) is 0 Å². The molecule has 0 radical (unpaired) electrons. The molecule has 0 bridgehead atoms. The summed E-state index contributed by atoms with van der Waals surface area (Å²) in [7, 11) is 0. The molecular formula is C22H29N5O. The zero-order valence-electron chi connectivity index (χ0n) is 16.8. The number of benzene rings is 1. The van der Waals surface area contributed by atoms with E-state index in [-0.39, 0.29) is 5.91 Å². The van der Waals surface area contributed by atoms with Crippen LogP contribution in [0.25, 0.3) is 10.9 Å². The third-order valence-electron chi connectivity index (χ3n) is 5.63. The number of amides is 1. The molecule has 148 valence electrons. The number of fused-ring (bicyclic) bond motifs is 1. The van der Waals surface area contributed by atoms with E-state index in [0.29, 0.717) is 12.5 Å². The van der Waals surface area contributed by atoms with Crippen LogP contribution in [0.3, 0.4) is 0 Å². The van der Waals surface area contributed by atoms with E-state index in [9.17, 15) is 4.79 Å². The Morgan fingerprint density at radius 3 is 2.57 bits per heavy atom. The van der Waals surface area contributed by atoms with Gasteiger partial charge >= 0.3 is 0 Å². The zero-order chi connectivity index (χ0) is 19.5. The van der Waals surface area contributed by atoms with Gasteiger partial charge in [0.15, 0.2) is 0 Å². The fourth-order valence-electron chi connectivity index (χ4n) is 4.00.